The Morgan fingerprint density at radius 3 is 2.47 bits per heavy atom. The van der Waals surface area contributed by atoms with Gasteiger partial charge in [-0.2, -0.15) is 0 Å². The van der Waals surface area contributed by atoms with Gasteiger partial charge in [-0.25, -0.2) is 0 Å². The van der Waals surface area contributed by atoms with Crippen molar-refractivity contribution in [3.05, 3.63) is 48.0 Å². The topological polar surface area (TPSA) is 38.0 Å². The zero-order valence-corrected chi connectivity index (χ0v) is 10.6. The van der Waals surface area contributed by atoms with Crippen LogP contribution in [0.5, 0.6) is 0 Å². The second-order valence-electron chi connectivity index (χ2n) is 5.26. The number of hydrazine groups is 1. The Balaban J connectivity index is 2.27. The third-order valence-electron chi connectivity index (χ3n) is 4.02. The summed E-state index contributed by atoms with van der Waals surface area (Å²) in [7, 11) is 0. The second-order valence-corrected chi connectivity index (χ2v) is 5.26. The van der Waals surface area contributed by atoms with Gasteiger partial charge in [0.05, 0.1) is 0 Å². The first-order valence-electron chi connectivity index (χ1n) is 6.35. The highest BCUT2D eigenvalue weighted by Crippen LogP contribution is 2.47. The van der Waals surface area contributed by atoms with E-state index in [1.54, 1.807) is 0 Å². The van der Waals surface area contributed by atoms with Crippen LogP contribution in [0.1, 0.15) is 38.2 Å². The molecule has 0 spiro atoms. The van der Waals surface area contributed by atoms with Gasteiger partial charge in [0.25, 0.3) is 0 Å². The molecular formula is C15H22N2. The standard InChI is InChI=1S/C15H22N2/c1-12(2)11-14(17-16)15(9-6-10-15)13-7-4-3-5-8-13/h3-5,7-8,14,17H,1,6,9-11,16H2,2H3. The van der Waals surface area contributed by atoms with Gasteiger partial charge in [0.1, 0.15) is 0 Å². The number of nitrogens with two attached hydrogens (primary N) is 1. The van der Waals surface area contributed by atoms with Gasteiger partial charge in [0, 0.05) is 11.5 Å². The van der Waals surface area contributed by atoms with Crippen LogP contribution in [0, 0.1) is 0 Å². The smallest absolute Gasteiger partial charge is 0.0344 e. The van der Waals surface area contributed by atoms with Crippen molar-refractivity contribution in [2.24, 2.45) is 5.84 Å². The van der Waals surface area contributed by atoms with Crippen molar-refractivity contribution >= 4 is 0 Å². The molecule has 1 saturated carbocycles. The van der Waals surface area contributed by atoms with Gasteiger partial charge in [-0.15, -0.1) is 6.58 Å². The van der Waals surface area contributed by atoms with Crippen LogP contribution in [0.4, 0.5) is 0 Å². The third kappa shape index (κ3) is 2.28. The molecule has 0 bridgehead atoms. The molecule has 0 aliphatic heterocycles. The normalized spacial score (nSPS) is 19.4. The Morgan fingerprint density at radius 1 is 1.41 bits per heavy atom. The molecule has 17 heavy (non-hydrogen) atoms. The van der Waals surface area contributed by atoms with E-state index in [9.17, 15) is 0 Å². The van der Waals surface area contributed by atoms with Crippen LogP contribution < -0.4 is 11.3 Å². The molecule has 1 aliphatic rings. The lowest BCUT2D eigenvalue weighted by atomic mass is 9.59. The Labute approximate surface area is 104 Å². The summed E-state index contributed by atoms with van der Waals surface area (Å²) in [5.74, 6) is 5.76. The molecule has 0 aromatic heterocycles. The van der Waals surface area contributed by atoms with E-state index in [1.807, 2.05) is 0 Å². The maximum atomic E-state index is 5.76. The molecule has 1 aromatic carbocycles. The van der Waals surface area contributed by atoms with Crippen molar-refractivity contribution in [3.8, 4) is 0 Å². The van der Waals surface area contributed by atoms with E-state index in [4.69, 9.17) is 5.84 Å². The molecule has 1 atom stereocenters. The Kier molecular flexibility index (Phi) is 3.65. The molecule has 1 unspecified atom stereocenters. The van der Waals surface area contributed by atoms with Crippen LogP contribution >= 0.6 is 0 Å². The van der Waals surface area contributed by atoms with E-state index in [0.29, 0.717) is 6.04 Å². The van der Waals surface area contributed by atoms with Gasteiger partial charge < -0.3 is 0 Å². The van der Waals surface area contributed by atoms with Crippen molar-refractivity contribution in [3.63, 3.8) is 0 Å². The van der Waals surface area contributed by atoms with Crippen LogP contribution in [0.3, 0.4) is 0 Å². The fourth-order valence-corrected chi connectivity index (χ4v) is 2.93. The average molecular weight is 230 g/mol. The highest BCUT2D eigenvalue weighted by atomic mass is 15.2. The first-order chi connectivity index (χ1) is 8.19. The minimum absolute atomic E-state index is 0.217. The van der Waals surface area contributed by atoms with Crippen molar-refractivity contribution in [1.82, 2.24) is 5.43 Å². The van der Waals surface area contributed by atoms with Crippen LogP contribution in [0.2, 0.25) is 0 Å². The number of nitrogens with one attached hydrogen (secondary N) is 1. The van der Waals surface area contributed by atoms with E-state index in [0.717, 1.165) is 6.42 Å². The molecule has 3 N–H and O–H groups in total. The summed E-state index contributed by atoms with van der Waals surface area (Å²) in [5, 5.41) is 0. The van der Waals surface area contributed by atoms with E-state index >= 15 is 0 Å². The molecule has 0 heterocycles. The molecule has 2 heteroatoms. The van der Waals surface area contributed by atoms with Gasteiger partial charge in [-0.1, -0.05) is 42.3 Å². The third-order valence-corrected chi connectivity index (χ3v) is 4.02. The SMILES string of the molecule is C=C(C)CC(NN)C1(c2ccccc2)CCC1. The summed E-state index contributed by atoms with van der Waals surface area (Å²) in [6.45, 7) is 6.08. The summed E-state index contributed by atoms with van der Waals surface area (Å²) in [4.78, 5) is 0. The summed E-state index contributed by atoms with van der Waals surface area (Å²) in [6.07, 6.45) is 4.69. The molecule has 92 valence electrons. The van der Waals surface area contributed by atoms with E-state index in [2.05, 4.69) is 49.3 Å². The average Bonchev–Trinajstić information content (AvgIpc) is 2.27. The Hall–Kier alpha value is -1.12. The van der Waals surface area contributed by atoms with Gasteiger partial charge in [0.15, 0.2) is 0 Å². The number of benzene rings is 1. The molecule has 0 saturated heterocycles. The van der Waals surface area contributed by atoms with E-state index in [1.165, 1.54) is 30.4 Å². The maximum Gasteiger partial charge on any atom is 0.0344 e. The lowest BCUT2D eigenvalue weighted by Crippen LogP contribution is -2.55. The van der Waals surface area contributed by atoms with Gasteiger partial charge in [-0.3, -0.25) is 11.3 Å². The van der Waals surface area contributed by atoms with Crippen LogP contribution in [-0.4, -0.2) is 6.04 Å². The lowest BCUT2D eigenvalue weighted by molar-refractivity contribution is 0.168. The highest BCUT2D eigenvalue weighted by Gasteiger charge is 2.44. The van der Waals surface area contributed by atoms with Crippen molar-refractivity contribution < 1.29 is 0 Å². The molecule has 0 radical (unpaired) electrons. The quantitative estimate of drug-likeness (QED) is 0.464. The van der Waals surface area contributed by atoms with Gasteiger partial charge in [-0.05, 0) is 31.7 Å². The van der Waals surface area contributed by atoms with Gasteiger partial charge >= 0.3 is 0 Å². The Morgan fingerprint density at radius 2 is 2.06 bits per heavy atom. The molecule has 1 aliphatic carbocycles. The summed E-state index contributed by atoms with van der Waals surface area (Å²) < 4.78 is 0. The lowest BCUT2D eigenvalue weighted by Gasteiger charge is -2.48. The summed E-state index contributed by atoms with van der Waals surface area (Å²) in [6, 6.07) is 11.0. The zero-order valence-electron chi connectivity index (χ0n) is 10.6. The monoisotopic (exact) mass is 230 g/mol. The minimum atomic E-state index is 0.217. The van der Waals surface area contributed by atoms with Crippen LogP contribution in [0.15, 0.2) is 42.5 Å². The first-order valence-corrected chi connectivity index (χ1v) is 6.35. The minimum Gasteiger partial charge on any atom is -0.271 e. The fourth-order valence-electron chi connectivity index (χ4n) is 2.93. The first kappa shape index (κ1) is 12.3. The number of hydrogen-bond donors (Lipinski definition) is 2. The fraction of sp³-hybridized carbons (Fsp3) is 0.467. The number of hydrogen-bond acceptors (Lipinski definition) is 2. The van der Waals surface area contributed by atoms with Gasteiger partial charge in [0.2, 0.25) is 0 Å². The van der Waals surface area contributed by atoms with Crippen LogP contribution in [0.25, 0.3) is 0 Å². The number of rotatable bonds is 5. The molecule has 1 aromatic rings. The predicted octanol–water partition coefficient (Wildman–Crippen LogP) is 2.91. The second kappa shape index (κ2) is 5.03. The summed E-state index contributed by atoms with van der Waals surface area (Å²) >= 11 is 0. The largest absolute Gasteiger partial charge is 0.271 e. The van der Waals surface area contributed by atoms with Crippen molar-refractivity contribution in [2.75, 3.05) is 0 Å². The zero-order chi connectivity index (χ0) is 12.3. The molecule has 0 amide bonds. The molecule has 2 rings (SSSR count). The molecule has 1 fully saturated rings. The van der Waals surface area contributed by atoms with E-state index < -0.39 is 0 Å². The molecular weight excluding hydrogens is 208 g/mol. The highest BCUT2D eigenvalue weighted by molar-refractivity contribution is 5.31. The maximum absolute atomic E-state index is 5.76. The van der Waals surface area contributed by atoms with Crippen molar-refractivity contribution in [2.45, 2.75) is 44.1 Å². The Bertz CT molecular complexity index is 379. The van der Waals surface area contributed by atoms with Crippen LogP contribution in [-0.2, 0) is 5.41 Å². The van der Waals surface area contributed by atoms with Crippen molar-refractivity contribution in [1.29, 1.82) is 0 Å². The van der Waals surface area contributed by atoms with E-state index in [-0.39, 0.29) is 5.41 Å². The summed E-state index contributed by atoms with van der Waals surface area (Å²) in [5.41, 5.74) is 5.83. The molecule has 2 nitrogen and oxygen atoms in total. The predicted molar refractivity (Wildman–Crippen MR) is 72.5 cm³/mol.